The van der Waals surface area contributed by atoms with Gasteiger partial charge >= 0.3 is 152 Å². The Kier molecular flexibility index (Phi) is 4.06. The van der Waals surface area contributed by atoms with Gasteiger partial charge in [-0.05, 0) is 0 Å². The number of hydrogen-bond donors (Lipinski definition) is 0. The molecule has 0 N–H and O–H groups in total. The number of halogens is 1. The second-order valence-corrected chi connectivity index (χ2v) is 8.59. The van der Waals surface area contributed by atoms with Crippen molar-refractivity contribution < 1.29 is 25.8 Å². The summed E-state index contributed by atoms with van der Waals surface area (Å²) in [5.74, 6) is 0. The maximum absolute atomic E-state index is 4.50. The molecule has 0 amide bonds. The van der Waals surface area contributed by atoms with Crippen LogP contribution in [0, 0.1) is 7.27 Å². The van der Waals surface area contributed by atoms with E-state index in [1.54, 1.807) is 0 Å². The van der Waals surface area contributed by atoms with E-state index in [-0.39, 0.29) is 21.2 Å². The monoisotopic (exact) mass is 427 g/mol. The summed E-state index contributed by atoms with van der Waals surface area (Å²) in [6, 6.07) is 17.2. The van der Waals surface area contributed by atoms with Crippen molar-refractivity contribution in [1.29, 1.82) is 0 Å². The van der Waals surface area contributed by atoms with Crippen LogP contribution in [0.25, 0.3) is 22.0 Å². The number of benzene rings is 1. The normalized spacial score (nSPS) is 11.2. The van der Waals surface area contributed by atoms with E-state index in [1.165, 1.54) is 23.8 Å². The van der Waals surface area contributed by atoms with Crippen molar-refractivity contribution in [3.63, 3.8) is 0 Å². The zero-order chi connectivity index (χ0) is 16.5. The predicted octanol–water partition coefficient (Wildman–Crippen LogP) is 0.193. The Bertz CT molecular complexity index is 998. The number of aromatic nitrogens is 3. The van der Waals surface area contributed by atoms with E-state index in [2.05, 4.69) is 89.3 Å². The number of aryl methyl sites for hydroxylation is 2. The fraction of sp³-hybridized carbons (Fsp3) is 0.100. The number of fused-ring (bicyclic) bond motifs is 1. The molecule has 0 saturated heterocycles. The quantitative estimate of drug-likeness (QED) is 0.338. The molecular formula is C20H18IN3. The van der Waals surface area contributed by atoms with Gasteiger partial charge in [0.05, 0.1) is 0 Å². The molecule has 0 aliphatic heterocycles. The van der Waals surface area contributed by atoms with E-state index in [0.29, 0.717) is 0 Å². The van der Waals surface area contributed by atoms with Crippen LogP contribution in [0.15, 0.2) is 73.3 Å². The number of nitrogens with zero attached hydrogens (tertiary/aromatic N) is 3. The summed E-state index contributed by atoms with van der Waals surface area (Å²) >= 11 is -0.243. The first kappa shape index (κ1) is 15.3. The molecule has 0 spiro atoms. The molecule has 0 bridgehead atoms. The van der Waals surface area contributed by atoms with E-state index in [0.717, 1.165) is 5.52 Å². The fourth-order valence-electron chi connectivity index (χ4n) is 2.81. The topological polar surface area (TPSA) is 21.7 Å². The minimum atomic E-state index is -0.243. The third-order valence-electron chi connectivity index (χ3n) is 4.07. The average molecular weight is 427 g/mol. The van der Waals surface area contributed by atoms with Crippen LogP contribution in [0.4, 0.5) is 0 Å². The predicted molar refractivity (Wildman–Crippen MR) is 91.2 cm³/mol. The molecule has 120 valence electrons. The molecular weight excluding hydrogens is 409 g/mol. The zero-order valence-electron chi connectivity index (χ0n) is 13.6. The van der Waals surface area contributed by atoms with Gasteiger partial charge in [-0.1, -0.05) is 0 Å². The Labute approximate surface area is 151 Å². The van der Waals surface area contributed by atoms with E-state index in [9.17, 15) is 0 Å². The van der Waals surface area contributed by atoms with Crippen LogP contribution < -0.4 is 25.8 Å². The first-order valence-corrected chi connectivity index (χ1v) is 9.98. The van der Waals surface area contributed by atoms with Crippen LogP contribution in [0.5, 0.6) is 0 Å². The van der Waals surface area contributed by atoms with E-state index in [4.69, 9.17) is 0 Å². The second kappa shape index (κ2) is 6.36. The summed E-state index contributed by atoms with van der Waals surface area (Å²) in [7, 11) is 4.20. The van der Waals surface area contributed by atoms with Crippen LogP contribution in [0.2, 0.25) is 0 Å². The van der Waals surface area contributed by atoms with Crippen molar-refractivity contribution in [1.82, 2.24) is 9.55 Å². The SMILES string of the molecule is Cn1ccc(-c2ccnc3ccccc23)c1[I-]c1cc[n+](C)cc1. The van der Waals surface area contributed by atoms with Gasteiger partial charge in [-0.25, -0.2) is 0 Å². The third kappa shape index (κ3) is 2.82. The van der Waals surface area contributed by atoms with Gasteiger partial charge in [-0.15, -0.1) is 0 Å². The molecule has 24 heavy (non-hydrogen) atoms. The summed E-state index contributed by atoms with van der Waals surface area (Å²) in [6.07, 6.45) is 8.33. The number of para-hydroxylation sites is 1. The first-order valence-electron chi connectivity index (χ1n) is 7.82. The molecule has 1 aromatic carbocycles. The summed E-state index contributed by atoms with van der Waals surface area (Å²) in [5, 5.41) is 1.22. The summed E-state index contributed by atoms with van der Waals surface area (Å²) in [5.41, 5.74) is 3.66. The molecule has 3 aromatic heterocycles. The van der Waals surface area contributed by atoms with E-state index >= 15 is 0 Å². The molecule has 0 saturated carbocycles. The van der Waals surface area contributed by atoms with Crippen LogP contribution in [0.3, 0.4) is 0 Å². The molecule has 3 heterocycles. The zero-order valence-corrected chi connectivity index (χ0v) is 15.8. The van der Waals surface area contributed by atoms with Crippen LogP contribution in [-0.4, -0.2) is 9.55 Å². The Morgan fingerprint density at radius 1 is 0.958 bits per heavy atom. The van der Waals surface area contributed by atoms with E-state index < -0.39 is 0 Å². The Hall–Kier alpha value is -2.21. The van der Waals surface area contributed by atoms with Gasteiger partial charge in [0.25, 0.3) is 0 Å². The van der Waals surface area contributed by atoms with Gasteiger partial charge in [-0.2, -0.15) is 0 Å². The Morgan fingerprint density at radius 2 is 1.75 bits per heavy atom. The molecule has 0 unspecified atom stereocenters. The molecule has 4 rings (SSSR count). The molecule has 0 atom stereocenters. The number of rotatable bonds is 3. The van der Waals surface area contributed by atoms with Gasteiger partial charge in [0.2, 0.25) is 0 Å². The molecule has 4 aromatic rings. The third-order valence-corrected chi connectivity index (χ3v) is 7.27. The number of hydrogen-bond acceptors (Lipinski definition) is 1. The molecule has 0 radical (unpaired) electrons. The van der Waals surface area contributed by atoms with Gasteiger partial charge < -0.3 is 0 Å². The van der Waals surface area contributed by atoms with Crippen molar-refractivity contribution in [3.8, 4) is 11.1 Å². The van der Waals surface area contributed by atoms with Crippen molar-refractivity contribution in [2.75, 3.05) is 0 Å². The summed E-state index contributed by atoms with van der Waals surface area (Å²) in [6.45, 7) is 0. The van der Waals surface area contributed by atoms with Crippen molar-refractivity contribution in [2.24, 2.45) is 14.1 Å². The second-order valence-electron chi connectivity index (χ2n) is 5.78. The van der Waals surface area contributed by atoms with Crippen molar-refractivity contribution >= 4 is 10.9 Å². The van der Waals surface area contributed by atoms with Crippen LogP contribution >= 0.6 is 0 Å². The van der Waals surface area contributed by atoms with Crippen LogP contribution in [-0.2, 0) is 14.1 Å². The van der Waals surface area contributed by atoms with Gasteiger partial charge in [-0.3, -0.25) is 0 Å². The van der Waals surface area contributed by atoms with Crippen molar-refractivity contribution in [2.45, 2.75) is 0 Å². The standard InChI is InChI=1S/C20H18IN3/c1-23-12-8-15(9-13-23)21-20-18(10-14-24(20)2)16-7-11-22-19-6-4-3-5-17(16)19/h3-14H,1-2H3. The fourth-order valence-corrected chi connectivity index (χ4v) is 5.38. The van der Waals surface area contributed by atoms with Gasteiger partial charge in [0.15, 0.2) is 0 Å². The minimum absolute atomic E-state index is 0.243. The summed E-state index contributed by atoms with van der Waals surface area (Å²) < 4.78 is 7.20. The number of pyridine rings is 2. The van der Waals surface area contributed by atoms with Crippen molar-refractivity contribution in [3.05, 3.63) is 80.6 Å². The van der Waals surface area contributed by atoms with E-state index in [1.807, 2.05) is 12.3 Å². The van der Waals surface area contributed by atoms with Crippen LogP contribution in [0.1, 0.15) is 0 Å². The molecule has 3 nitrogen and oxygen atoms in total. The van der Waals surface area contributed by atoms with Gasteiger partial charge in [0, 0.05) is 0 Å². The molecule has 0 aliphatic rings. The van der Waals surface area contributed by atoms with Gasteiger partial charge in [0.1, 0.15) is 0 Å². The average Bonchev–Trinajstić information content (AvgIpc) is 2.97. The molecule has 0 fully saturated rings. The molecule has 4 heteroatoms. The maximum atomic E-state index is 4.50. The first-order chi connectivity index (χ1) is 11.7. The molecule has 0 aliphatic carbocycles. The Morgan fingerprint density at radius 3 is 2.58 bits per heavy atom. The summed E-state index contributed by atoms with van der Waals surface area (Å²) in [4.78, 5) is 4.50. The Balaban J connectivity index is 1.83.